The SMILES string of the molecule is C.C.C.CC1c2ccccc2C=Cc2ccccc21. The second-order valence-corrected chi connectivity index (χ2v) is 4.31. The van der Waals surface area contributed by atoms with Crippen LogP contribution in [0.15, 0.2) is 48.5 Å². The quantitative estimate of drug-likeness (QED) is 0.522. The largest absolute Gasteiger partial charge is 0.0776 e. The molecule has 2 aromatic rings. The summed E-state index contributed by atoms with van der Waals surface area (Å²) in [5.41, 5.74) is 5.52. The molecular weight excluding hydrogens is 228 g/mol. The Morgan fingerprint density at radius 2 is 1.00 bits per heavy atom. The van der Waals surface area contributed by atoms with Gasteiger partial charge in [0.1, 0.15) is 0 Å². The maximum Gasteiger partial charge on any atom is 0.00728 e. The van der Waals surface area contributed by atoms with Crippen molar-refractivity contribution < 1.29 is 0 Å². The molecule has 3 rings (SSSR count). The fraction of sp³-hybridized carbons (Fsp3) is 0.263. The van der Waals surface area contributed by atoms with Gasteiger partial charge in [-0.2, -0.15) is 0 Å². The Labute approximate surface area is 118 Å². The molecule has 0 unspecified atom stereocenters. The van der Waals surface area contributed by atoms with E-state index in [1.807, 2.05) is 0 Å². The summed E-state index contributed by atoms with van der Waals surface area (Å²) in [6.45, 7) is 2.28. The first-order valence-electron chi connectivity index (χ1n) is 5.72. The van der Waals surface area contributed by atoms with Crippen LogP contribution in [0.3, 0.4) is 0 Å². The van der Waals surface area contributed by atoms with Crippen LogP contribution in [0.25, 0.3) is 12.2 Å². The van der Waals surface area contributed by atoms with Crippen LogP contribution in [0.5, 0.6) is 0 Å². The monoisotopic (exact) mass is 254 g/mol. The molecule has 0 aliphatic heterocycles. The summed E-state index contributed by atoms with van der Waals surface area (Å²) in [5, 5.41) is 0. The first-order valence-corrected chi connectivity index (χ1v) is 5.72. The van der Waals surface area contributed by atoms with Gasteiger partial charge in [0.15, 0.2) is 0 Å². The van der Waals surface area contributed by atoms with Gasteiger partial charge in [0, 0.05) is 5.92 Å². The van der Waals surface area contributed by atoms with E-state index in [0.717, 1.165) is 0 Å². The zero-order chi connectivity index (χ0) is 11.0. The van der Waals surface area contributed by atoms with Crippen LogP contribution in [0.2, 0.25) is 0 Å². The smallest absolute Gasteiger partial charge is 0.00728 e. The molecule has 0 bridgehead atoms. The second-order valence-electron chi connectivity index (χ2n) is 4.31. The molecule has 0 spiro atoms. The molecule has 0 amide bonds. The highest BCUT2D eigenvalue weighted by atomic mass is 14.2. The lowest BCUT2D eigenvalue weighted by Crippen LogP contribution is -1.98. The third-order valence-electron chi connectivity index (χ3n) is 3.37. The molecule has 0 saturated heterocycles. The molecular formula is C19H26. The van der Waals surface area contributed by atoms with Crippen molar-refractivity contribution >= 4 is 12.2 Å². The normalized spacial score (nSPS) is 11.8. The van der Waals surface area contributed by atoms with E-state index in [9.17, 15) is 0 Å². The van der Waals surface area contributed by atoms with Crippen molar-refractivity contribution in [3.05, 3.63) is 70.8 Å². The first-order chi connectivity index (χ1) is 7.86. The lowest BCUT2D eigenvalue weighted by molar-refractivity contribution is 0.919. The number of hydrogen-bond acceptors (Lipinski definition) is 0. The van der Waals surface area contributed by atoms with E-state index < -0.39 is 0 Å². The minimum absolute atomic E-state index is 0. The predicted molar refractivity (Wildman–Crippen MR) is 89.5 cm³/mol. The summed E-state index contributed by atoms with van der Waals surface area (Å²) >= 11 is 0. The molecule has 2 aromatic carbocycles. The zero-order valence-corrected chi connectivity index (χ0v) is 9.35. The molecule has 0 N–H and O–H groups in total. The van der Waals surface area contributed by atoms with Gasteiger partial charge in [-0.1, -0.05) is 89.9 Å². The highest BCUT2D eigenvalue weighted by Crippen LogP contribution is 2.33. The molecule has 0 nitrogen and oxygen atoms in total. The molecule has 0 aromatic heterocycles. The Morgan fingerprint density at radius 1 is 0.632 bits per heavy atom. The number of hydrogen-bond donors (Lipinski definition) is 0. The van der Waals surface area contributed by atoms with Gasteiger partial charge in [-0.25, -0.2) is 0 Å². The Balaban J connectivity index is 0.00000108. The lowest BCUT2D eigenvalue weighted by Gasteiger charge is -2.14. The summed E-state index contributed by atoms with van der Waals surface area (Å²) in [5.74, 6) is 0.474. The van der Waals surface area contributed by atoms with Crippen molar-refractivity contribution in [2.24, 2.45) is 0 Å². The standard InChI is InChI=1S/C16H14.3CH4/c1-12-15-8-4-2-6-13(15)10-11-14-7-3-5-9-16(12)14;;;/h2-12H,1H3;3*1H4. The van der Waals surface area contributed by atoms with Gasteiger partial charge in [-0.05, 0) is 22.3 Å². The van der Waals surface area contributed by atoms with Gasteiger partial charge >= 0.3 is 0 Å². The maximum atomic E-state index is 2.28. The Hall–Kier alpha value is -1.82. The van der Waals surface area contributed by atoms with E-state index in [4.69, 9.17) is 0 Å². The van der Waals surface area contributed by atoms with Crippen molar-refractivity contribution in [2.45, 2.75) is 35.1 Å². The number of fused-ring (bicyclic) bond motifs is 2. The van der Waals surface area contributed by atoms with E-state index in [2.05, 4.69) is 67.6 Å². The molecule has 0 fully saturated rings. The van der Waals surface area contributed by atoms with Gasteiger partial charge < -0.3 is 0 Å². The Morgan fingerprint density at radius 3 is 1.42 bits per heavy atom. The van der Waals surface area contributed by atoms with Crippen molar-refractivity contribution in [1.82, 2.24) is 0 Å². The molecule has 19 heavy (non-hydrogen) atoms. The average Bonchev–Trinajstić information content (AvgIpc) is 2.49. The Bertz CT molecular complexity index is 500. The van der Waals surface area contributed by atoms with Gasteiger partial charge in [-0.15, -0.1) is 0 Å². The summed E-state index contributed by atoms with van der Waals surface area (Å²) in [6.07, 6.45) is 4.44. The first kappa shape index (κ1) is 17.2. The highest BCUT2D eigenvalue weighted by Gasteiger charge is 2.15. The lowest BCUT2D eigenvalue weighted by atomic mass is 9.89. The van der Waals surface area contributed by atoms with Gasteiger partial charge in [0.05, 0.1) is 0 Å². The average molecular weight is 254 g/mol. The van der Waals surface area contributed by atoms with Gasteiger partial charge in [0.25, 0.3) is 0 Å². The topological polar surface area (TPSA) is 0 Å². The van der Waals surface area contributed by atoms with E-state index in [1.165, 1.54) is 22.3 Å². The molecule has 0 saturated carbocycles. The third-order valence-corrected chi connectivity index (χ3v) is 3.37. The summed E-state index contributed by atoms with van der Waals surface area (Å²) in [4.78, 5) is 0. The van der Waals surface area contributed by atoms with E-state index in [1.54, 1.807) is 0 Å². The molecule has 102 valence electrons. The molecule has 1 aliphatic carbocycles. The minimum atomic E-state index is 0. The van der Waals surface area contributed by atoms with Crippen LogP contribution in [0.1, 0.15) is 57.4 Å². The molecule has 0 heterocycles. The second kappa shape index (κ2) is 6.94. The number of benzene rings is 2. The highest BCUT2D eigenvalue weighted by molar-refractivity contribution is 5.76. The third kappa shape index (κ3) is 2.96. The van der Waals surface area contributed by atoms with Crippen molar-refractivity contribution in [1.29, 1.82) is 0 Å². The molecule has 0 atom stereocenters. The molecule has 0 radical (unpaired) electrons. The van der Waals surface area contributed by atoms with Crippen LogP contribution in [0, 0.1) is 0 Å². The molecule has 0 heteroatoms. The van der Waals surface area contributed by atoms with Crippen LogP contribution in [-0.4, -0.2) is 0 Å². The Kier molecular flexibility index (Phi) is 6.27. The van der Waals surface area contributed by atoms with Crippen LogP contribution in [-0.2, 0) is 0 Å². The number of rotatable bonds is 0. The minimum Gasteiger partial charge on any atom is -0.0776 e. The zero-order valence-electron chi connectivity index (χ0n) is 9.35. The summed E-state index contributed by atoms with van der Waals surface area (Å²) in [7, 11) is 0. The van der Waals surface area contributed by atoms with E-state index >= 15 is 0 Å². The van der Waals surface area contributed by atoms with Crippen LogP contribution < -0.4 is 0 Å². The summed E-state index contributed by atoms with van der Waals surface area (Å²) in [6, 6.07) is 17.3. The van der Waals surface area contributed by atoms with Crippen molar-refractivity contribution in [3.63, 3.8) is 0 Å². The fourth-order valence-corrected chi connectivity index (χ4v) is 2.46. The van der Waals surface area contributed by atoms with Crippen molar-refractivity contribution in [3.8, 4) is 0 Å². The maximum absolute atomic E-state index is 2.28. The van der Waals surface area contributed by atoms with Crippen molar-refractivity contribution in [2.75, 3.05) is 0 Å². The van der Waals surface area contributed by atoms with Crippen LogP contribution >= 0.6 is 0 Å². The van der Waals surface area contributed by atoms with Gasteiger partial charge in [-0.3, -0.25) is 0 Å². The fourth-order valence-electron chi connectivity index (χ4n) is 2.46. The summed E-state index contributed by atoms with van der Waals surface area (Å²) < 4.78 is 0. The predicted octanol–water partition coefficient (Wildman–Crippen LogP) is 6.23. The molecule has 1 aliphatic rings. The van der Waals surface area contributed by atoms with E-state index in [-0.39, 0.29) is 22.3 Å². The van der Waals surface area contributed by atoms with Gasteiger partial charge in [0.2, 0.25) is 0 Å². The van der Waals surface area contributed by atoms with E-state index in [0.29, 0.717) is 5.92 Å². The van der Waals surface area contributed by atoms with Crippen LogP contribution in [0.4, 0.5) is 0 Å².